The molecule has 1 aromatic carbocycles. The number of rotatable bonds is 4. The number of nitrogens with zero attached hydrogens (tertiary/aromatic N) is 2. The molecule has 0 unspecified atom stereocenters. The van der Waals surface area contributed by atoms with Crippen molar-refractivity contribution in [3.05, 3.63) is 24.1 Å². The van der Waals surface area contributed by atoms with E-state index in [2.05, 4.69) is 15.5 Å². The Morgan fingerprint density at radius 2 is 2.24 bits per heavy atom. The van der Waals surface area contributed by atoms with Crippen LogP contribution < -0.4 is 10.1 Å². The maximum Gasteiger partial charge on any atom is 0.247 e. The normalized spacial score (nSPS) is 10.5. The molecule has 6 heteroatoms. The van der Waals surface area contributed by atoms with Crippen LogP contribution >= 0.6 is 0 Å². The summed E-state index contributed by atoms with van der Waals surface area (Å²) in [7, 11) is 3.29. The Labute approximate surface area is 98.2 Å². The topological polar surface area (TPSA) is 80.4 Å². The van der Waals surface area contributed by atoms with Gasteiger partial charge in [-0.2, -0.15) is 0 Å². The molecule has 0 aliphatic heterocycles. The lowest BCUT2D eigenvalue weighted by molar-refractivity contribution is 0.373. The van der Waals surface area contributed by atoms with Gasteiger partial charge in [0.05, 0.1) is 13.7 Å². The zero-order valence-corrected chi connectivity index (χ0v) is 9.60. The number of aromatic hydroxyl groups is 1. The van der Waals surface area contributed by atoms with Gasteiger partial charge in [-0.15, -0.1) is 10.2 Å². The highest BCUT2D eigenvalue weighted by molar-refractivity contribution is 5.59. The second kappa shape index (κ2) is 4.84. The fourth-order valence-corrected chi connectivity index (χ4v) is 1.42. The smallest absolute Gasteiger partial charge is 0.247 e. The Kier molecular flexibility index (Phi) is 3.24. The van der Waals surface area contributed by atoms with Gasteiger partial charge < -0.3 is 19.6 Å². The van der Waals surface area contributed by atoms with Gasteiger partial charge in [0, 0.05) is 5.56 Å². The first kappa shape index (κ1) is 11.4. The highest BCUT2D eigenvalue weighted by atomic mass is 16.5. The molecule has 2 N–H and O–H groups in total. The van der Waals surface area contributed by atoms with Crippen LogP contribution in [0.3, 0.4) is 0 Å². The van der Waals surface area contributed by atoms with Crippen molar-refractivity contribution in [1.82, 2.24) is 15.5 Å². The lowest BCUT2D eigenvalue weighted by Crippen LogP contribution is -2.04. The maximum atomic E-state index is 9.64. The molecule has 1 aromatic heterocycles. The number of hydrogen-bond acceptors (Lipinski definition) is 6. The Hall–Kier alpha value is -2.08. The number of benzene rings is 1. The third kappa shape index (κ3) is 2.36. The maximum absolute atomic E-state index is 9.64. The van der Waals surface area contributed by atoms with Crippen LogP contribution in [0.5, 0.6) is 11.5 Å². The molecule has 90 valence electrons. The molecule has 0 aliphatic carbocycles. The van der Waals surface area contributed by atoms with E-state index in [4.69, 9.17) is 9.15 Å². The molecule has 2 aromatic rings. The molecule has 0 spiro atoms. The monoisotopic (exact) mass is 235 g/mol. The van der Waals surface area contributed by atoms with Crippen molar-refractivity contribution in [2.75, 3.05) is 14.2 Å². The molecule has 6 nitrogen and oxygen atoms in total. The minimum atomic E-state index is 0.0402. The van der Waals surface area contributed by atoms with Crippen LogP contribution in [0.25, 0.3) is 11.5 Å². The van der Waals surface area contributed by atoms with Crippen molar-refractivity contribution in [2.45, 2.75) is 6.54 Å². The van der Waals surface area contributed by atoms with E-state index >= 15 is 0 Å². The summed E-state index contributed by atoms with van der Waals surface area (Å²) in [5.74, 6) is 1.31. The lowest BCUT2D eigenvalue weighted by Gasteiger charge is -2.03. The van der Waals surface area contributed by atoms with Gasteiger partial charge >= 0.3 is 0 Å². The number of nitrogens with one attached hydrogen (secondary N) is 1. The summed E-state index contributed by atoms with van der Waals surface area (Å²) in [4.78, 5) is 0. The summed E-state index contributed by atoms with van der Waals surface area (Å²) >= 11 is 0. The van der Waals surface area contributed by atoms with E-state index in [1.165, 1.54) is 13.2 Å². The third-order valence-electron chi connectivity index (χ3n) is 2.22. The van der Waals surface area contributed by atoms with Gasteiger partial charge in [-0.3, -0.25) is 0 Å². The number of phenolic OH excluding ortho intramolecular Hbond substituents is 1. The van der Waals surface area contributed by atoms with E-state index in [1.807, 2.05) is 0 Å². The van der Waals surface area contributed by atoms with Crippen molar-refractivity contribution in [3.63, 3.8) is 0 Å². The molecule has 0 radical (unpaired) electrons. The largest absolute Gasteiger partial charge is 0.504 e. The molecule has 2 rings (SSSR count). The van der Waals surface area contributed by atoms with E-state index in [0.29, 0.717) is 29.6 Å². The molecule has 0 fully saturated rings. The standard InChI is InChI=1S/C11H13N3O3/c1-12-6-10-13-14-11(17-10)7-3-4-9(16-2)8(15)5-7/h3-5,12,15H,6H2,1-2H3. The highest BCUT2D eigenvalue weighted by Crippen LogP contribution is 2.30. The van der Waals surface area contributed by atoms with E-state index in [9.17, 15) is 5.11 Å². The highest BCUT2D eigenvalue weighted by Gasteiger charge is 2.10. The predicted octanol–water partition coefficient (Wildman–Crippen LogP) is 1.17. The Bertz CT molecular complexity index is 510. The zero-order chi connectivity index (χ0) is 12.3. The summed E-state index contributed by atoms with van der Waals surface area (Å²) in [6, 6.07) is 4.91. The molecule has 17 heavy (non-hydrogen) atoms. The van der Waals surface area contributed by atoms with Crippen LogP contribution in [-0.4, -0.2) is 29.5 Å². The van der Waals surface area contributed by atoms with E-state index in [1.54, 1.807) is 19.2 Å². The van der Waals surface area contributed by atoms with Crippen molar-refractivity contribution < 1.29 is 14.3 Å². The van der Waals surface area contributed by atoms with Crippen LogP contribution in [0, 0.1) is 0 Å². The van der Waals surface area contributed by atoms with E-state index in [-0.39, 0.29) is 5.75 Å². The molecule has 1 heterocycles. The summed E-state index contributed by atoms with van der Waals surface area (Å²) in [6.45, 7) is 0.509. The second-order valence-corrected chi connectivity index (χ2v) is 3.42. The number of phenols is 1. The molecule has 0 amide bonds. The van der Waals surface area contributed by atoms with Crippen molar-refractivity contribution in [2.24, 2.45) is 0 Å². The number of methoxy groups -OCH3 is 1. The van der Waals surface area contributed by atoms with E-state index in [0.717, 1.165) is 0 Å². The van der Waals surface area contributed by atoms with E-state index < -0.39 is 0 Å². The number of ether oxygens (including phenoxy) is 1. The zero-order valence-electron chi connectivity index (χ0n) is 9.60. The predicted molar refractivity (Wildman–Crippen MR) is 60.7 cm³/mol. The molecule has 0 saturated heterocycles. The first-order valence-corrected chi connectivity index (χ1v) is 5.09. The first-order chi connectivity index (χ1) is 8.24. The summed E-state index contributed by atoms with van der Waals surface area (Å²) in [6.07, 6.45) is 0. The Balaban J connectivity index is 2.29. The lowest BCUT2D eigenvalue weighted by atomic mass is 10.2. The molecule has 0 saturated carbocycles. The molecular formula is C11H13N3O3. The van der Waals surface area contributed by atoms with Gasteiger partial charge in [0.2, 0.25) is 11.8 Å². The summed E-state index contributed by atoms with van der Waals surface area (Å²) < 4.78 is 10.4. The second-order valence-electron chi connectivity index (χ2n) is 3.42. The summed E-state index contributed by atoms with van der Waals surface area (Å²) in [5.41, 5.74) is 0.651. The van der Waals surface area contributed by atoms with Crippen LogP contribution in [0.4, 0.5) is 0 Å². The van der Waals surface area contributed by atoms with Gasteiger partial charge in [-0.25, -0.2) is 0 Å². The molecule has 0 aliphatic rings. The van der Waals surface area contributed by atoms with Crippen molar-refractivity contribution >= 4 is 0 Å². The van der Waals surface area contributed by atoms with Crippen LogP contribution in [-0.2, 0) is 6.54 Å². The van der Waals surface area contributed by atoms with Gasteiger partial charge in [0.15, 0.2) is 11.5 Å². The fourth-order valence-electron chi connectivity index (χ4n) is 1.42. The average Bonchev–Trinajstić information content (AvgIpc) is 2.78. The third-order valence-corrected chi connectivity index (χ3v) is 2.22. The van der Waals surface area contributed by atoms with Crippen molar-refractivity contribution in [3.8, 4) is 23.0 Å². The van der Waals surface area contributed by atoms with Crippen molar-refractivity contribution in [1.29, 1.82) is 0 Å². The van der Waals surface area contributed by atoms with Gasteiger partial charge in [-0.1, -0.05) is 0 Å². The average molecular weight is 235 g/mol. The SMILES string of the molecule is CNCc1nnc(-c2ccc(OC)c(O)c2)o1. The quantitative estimate of drug-likeness (QED) is 0.828. The number of aromatic nitrogens is 2. The minimum Gasteiger partial charge on any atom is -0.504 e. The number of hydrogen-bond donors (Lipinski definition) is 2. The van der Waals surface area contributed by atoms with Crippen LogP contribution in [0.1, 0.15) is 5.89 Å². The Morgan fingerprint density at radius 3 is 2.88 bits per heavy atom. The van der Waals surface area contributed by atoms with Crippen LogP contribution in [0.15, 0.2) is 22.6 Å². The van der Waals surface area contributed by atoms with Gasteiger partial charge in [-0.05, 0) is 25.2 Å². The van der Waals surface area contributed by atoms with Gasteiger partial charge in [0.1, 0.15) is 0 Å². The minimum absolute atomic E-state index is 0.0402. The summed E-state index contributed by atoms with van der Waals surface area (Å²) in [5, 5.41) is 20.3. The first-order valence-electron chi connectivity index (χ1n) is 5.09. The molecule has 0 atom stereocenters. The van der Waals surface area contributed by atoms with Gasteiger partial charge in [0.25, 0.3) is 0 Å². The molecular weight excluding hydrogens is 222 g/mol. The Morgan fingerprint density at radius 1 is 1.41 bits per heavy atom. The fraction of sp³-hybridized carbons (Fsp3) is 0.273. The molecule has 0 bridgehead atoms. The van der Waals surface area contributed by atoms with Crippen LogP contribution in [0.2, 0.25) is 0 Å².